The third-order valence-electron chi connectivity index (χ3n) is 3.02. The summed E-state index contributed by atoms with van der Waals surface area (Å²) < 4.78 is 0. The molecule has 0 aromatic heterocycles. The second-order valence-electron chi connectivity index (χ2n) is 5.22. The van der Waals surface area contributed by atoms with Crippen molar-refractivity contribution in [2.45, 2.75) is 46.3 Å². The standard InChI is InChI=1S/C15H23N3O2/c1-10(2)18(12(4)19)9-13-5-7-14(8-6-13)17-15(20)11(3)16/h5-8,10-11H,9,16H2,1-4H3,(H,17,20)/t11-/m1/s1. The Hall–Kier alpha value is -1.88. The Balaban J connectivity index is 2.71. The van der Waals surface area contributed by atoms with Gasteiger partial charge in [-0.05, 0) is 38.5 Å². The van der Waals surface area contributed by atoms with Crippen molar-refractivity contribution >= 4 is 17.5 Å². The van der Waals surface area contributed by atoms with E-state index in [0.717, 1.165) is 5.56 Å². The Morgan fingerprint density at radius 2 is 1.75 bits per heavy atom. The predicted octanol–water partition coefficient (Wildman–Crippen LogP) is 1.73. The van der Waals surface area contributed by atoms with Crippen LogP contribution in [-0.4, -0.2) is 28.8 Å². The summed E-state index contributed by atoms with van der Waals surface area (Å²) in [5.74, 6) is -0.167. The number of hydrogen-bond acceptors (Lipinski definition) is 3. The molecule has 0 fully saturated rings. The maximum atomic E-state index is 11.5. The number of rotatable bonds is 5. The number of nitrogens with zero attached hydrogens (tertiary/aromatic N) is 1. The van der Waals surface area contributed by atoms with Gasteiger partial charge in [-0.25, -0.2) is 0 Å². The molecule has 110 valence electrons. The fraction of sp³-hybridized carbons (Fsp3) is 0.467. The summed E-state index contributed by atoms with van der Waals surface area (Å²) in [4.78, 5) is 24.8. The number of nitrogens with one attached hydrogen (secondary N) is 1. The smallest absolute Gasteiger partial charge is 0.240 e. The van der Waals surface area contributed by atoms with E-state index in [0.29, 0.717) is 12.2 Å². The SMILES string of the molecule is CC(=O)N(Cc1ccc(NC(=O)[C@@H](C)N)cc1)C(C)C. The van der Waals surface area contributed by atoms with E-state index in [4.69, 9.17) is 5.73 Å². The molecule has 0 unspecified atom stereocenters. The minimum atomic E-state index is -0.538. The highest BCUT2D eigenvalue weighted by Crippen LogP contribution is 2.13. The third kappa shape index (κ3) is 4.66. The lowest BCUT2D eigenvalue weighted by Crippen LogP contribution is -2.34. The minimum absolute atomic E-state index is 0.0503. The molecule has 0 radical (unpaired) electrons. The van der Waals surface area contributed by atoms with Gasteiger partial charge in [-0.15, -0.1) is 0 Å². The lowest BCUT2D eigenvalue weighted by molar-refractivity contribution is -0.131. The van der Waals surface area contributed by atoms with Crippen LogP contribution in [0.15, 0.2) is 24.3 Å². The number of benzene rings is 1. The Kier molecular flexibility index (Phi) is 5.70. The van der Waals surface area contributed by atoms with Gasteiger partial charge in [0, 0.05) is 25.2 Å². The van der Waals surface area contributed by atoms with Gasteiger partial charge < -0.3 is 16.0 Å². The van der Waals surface area contributed by atoms with Crippen molar-refractivity contribution in [1.29, 1.82) is 0 Å². The van der Waals surface area contributed by atoms with E-state index >= 15 is 0 Å². The van der Waals surface area contributed by atoms with E-state index in [2.05, 4.69) is 5.32 Å². The zero-order valence-electron chi connectivity index (χ0n) is 12.5. The molecule has 2 amide bonds. The highest BCUT2D eigenvalue weighted by atomic mass is 16.2. The Labute approximate surface area is 120 Å². The third-order valence-corrected chi connectivity index (χ3v) is 3.02. The maximum absolute atomic E-state index is 11.5. The summed E-state index contributed by atoms with van der Waals surface area (Å²) in [6, 6.07) is 7.04. The van der Waals surface area contributed by atoms with Gasteiger partial charge in [0.25, 0.3) is 0 Å². The molecule has 0 bridgehead atoms. The second-order valence-corrected chi connectivity index (χ2v) is 5.22. The molecule has 0 saturated heterocycles. The van der Waals surface area contributed by atoms with Crippen molar-refractivity contribution in [3.63, 3.8) is 0 Å². The van der Waals surface area contributed by atoms with Crippen molar-refractivity contribution in [3.05, 3.63) is 29.8 Å². The Morgan fingerprint density at radius 1 is 1.20 bits per heavy atom. The molecular weight excluding hydrogens is 254 g/mol. The molecular formula is C15H23N3O2. The second kappa shape index (κ2) is 7.05. The quantitative estimate of drug-likeness (QED) is 0.860. The summed E-state index contributed by atoms with van der Waals surface area (Å²) >= 11 is 0. The van der Waals surface area contributed by atoms with Gasteiger partial charge in [-0.2, -0.15) is 0 Å². The maximum Gasteiger partial charge on any atom is 0.240 e. The first-order valence-electron chi connectivity index (χ1n) is 6.74. The number of nitrogens with two attached hydrogens (primary N) is 1. The summed E-state index contributed by atoms with van der Waals surface area (Å²) in [6.07, 6.45) is 0. The molecule has 5 nitrogen and oxygen atoms in total. The topological polar surface area (TPSA) is 75.4 Å². The van der Waals surface area contributed by atoms with Crippen LogP contribution in [0.2, 0.25) is 0 Å². The van der Waals surface area contributed by atoms with Crippen LogP contribution in [0.25, 0.3) is 0 Å². The normalized spacial score (nSPS) is 12.1. The van der Waals surface area contributed by atoms with Crippen molar-refractivity contribution in [1.82, 2.24) is 4.90 Å². The lowest BCUT2D eigenvalue weighted by atomic mass is 10.1. The highest BCUT2D eigenvalue weighted by Gasteiger charge is 2.13. The van der Waals surface area contributed by atoms with E-state index in [9.17, 15) is 9.59 Å². The average molecular weight is 277 g/mol. The van der Waals surface area contributed by atoms with Crippen molar-refractivity contribution < 1.29 is 9.59 Å². The van der Waals surface area contributed by atoms with Crippen LogP contribution < -0.4 is 11.1 Å². The monoisotopic (exact) mass is 277 g/mol. The molecule has 0 aliphatic rings. The highest BCUT2D eigenvalue weighted by molar-refractivity contribution is 5.94. The summed E-state index contributed by atoms with van der Waals surface area (Å²) in [6.45, 7) is 7.74. The summed E-state index contributed by atoms with van der Waals surface area (Å²) in [5, 5.41) is 2.72. The number of amides is 2. The number of hydrogen-bond donors (Lipinski definition) is 2. The van der Waals surface area contributed by atoms with Gasteiger partial charge in [-0.1, -0.05) is 12.1 Å². The summed E-state index contributed by atoms with van der Waals surface area (Å²) in [5.41, 5.74) is 7.21. The van der Waals surface area contributed by atoms with Crippen LogP contribution in [0, 0.1) is 0 Å². The number of carbonyl (C=O) groups excluding carboxylic acids is 2. The number of carbonyl (C=O) groups is 2. The molecule has 0 aliphatic carbocycles. The molecule has 5 heteroatoms. The van der Waals surface area contributed by atoms with Gasteiger partial charge in [0.15, 0.2) is 0 Å². The minimum Gasteiger partial charge on any atom is -0.336 e. The van der Waals surface area contributed by atoms with Gasteiger partial charge in [0.2, 0.25) is 11.8 Å². The average Bonchev–Trinajstić information content (AvgIpc) is 2.36. The molecule has 0 heterocycles. The molecule has 3 N–H and O–H groups in total. The fourth-order valence-corrected chi connectivity index (χ4v) is 1.80. The van der Waals surface area contributed by atoms with E-state index in [1.54, 1.807) is 18.7 Å². The van der Waals surface area contributed by atoms with Crippen LogP contribution in [-0.2, 0) is 16.1 Å². The van der Waals surface area contributed by atoms with Crippen molar-refractivity contribution in [2.24, 2.45) is 5.73 Å². The van der Waals surface area contributed by atoms with Gasteiger partial charge >= 0.3 is 0 Å². The van der Waals surface area contributed by atoms with Crippen LogP contribution >= 0.6 is 0 Å². The predicted molar refractivity (Wildman–Crippen MR) is 80.1 cm³/mol. The largest absolute Gasteiger partial charge is 0.336 e. The molecule has 20 heavy (non-hydrogen) atoms. The lowest BCUT2D eigenvalue weighted by Gasteiger charge is -2.25. The molecule has 1 aromatic rings. The van der Waals surface area contributed by atoms with E-state index in [1.807, 2.05) is 38.1 Å². The molecule has 1 aromatic carbocycles. The molecule has 0 spiro atoms. The first kappa shape index (κ1) is 16.2. The van der Waals surface area contributed by atoms with Gasteiger partial charge in [-0.3, -0.25) is 9.59 Å². The zero-order valence-corrected chi connectivity index (χ0v) is 12.5. The molecule has 0 saturated carbocycles. The van der Waals surface area contributed by atoms with Gasteiger partial charge in [0.05, 0.1) is 6.04 Å². The fourth-order valence-electron chi connectivity index (χ4n) is 1.80. The van der Waals surface area contributed by atoms with Crippen LogP contribution in [0.5, 0.6) is 0 Å². The van der Waals surface area contributed by atoms with Crippen molar-refractivity contribution in [2.75, 3.05) is 5.32 Å². The molecule has 1 rings (SSSR count). The summed E-state index contributed by atoms with van der Waals surface area (Å²) in [7, 11) is 0. The first-order chi connectivity index (χ1) is 9.31. The Bertz CT molecular complexity index is 467. The van der Waals surface area contributed by atoms with Crippen LogP contribution in [0.4, 0.5) is 5.69 Å². The van der Waals surface area contributed by atoms with Gasteiger partial charge in [0.1, 0.15) is 0 Å². The zero-order chi connectivity index (χ0) is 15.3. The van der Waals surface area contributed by atoms with E-state index < -0.39 is 6.04 Å². The van der Waals surface area contributed by atoms with E-state index in [-0.39, 0.29) is 17.9 Å². The van der Waals surface area contributed by atoms with Crippen molar-refractivity contribution in [3.8, 4) is 0 Å². The molecule has 0 aliphatic heterocycles. The van der Waals surface area contributed by atoms with Crippen LogP contribution in [0.1, 0.15) is 33.3 Å². The molecule has 1 atom stereocenters. The van der Waals surface area contributed by atoms with E-state index in [1.165, 1.54) is 0 Å². The Morgan fingerprint density at radius 3 is 2.15 bits per heavy atom. The first-order valence-corrected chi connectivity index (χ1v) is 6.74. The number of anilines is 1. The van der Waals surface area contributed by atoms with Crippen LogP contribution in [0.3, 0.4) is 0 Å².